The summed E-state index contributed by atoms with van der Waals surface area (Å²) in [7, 11) is 0. The summed E-state index contributed by atoms with van der Waals surface area (Å²) in [5, 5.41) is 7.91. The van der Waals surface area contributed by atoms with Crippen molar-refractivity contribution in [3.8, 4) is 0 Å². The maximum atomic E-state index is 12.7. The van der Waals surface area contributed by atoms with Gasteiger partial charge in [0.25, 0.3) is 5.91 Å². The van der Waals surface area contributed by atoms with Crippen molar-refractivity contribution in [1.82, 2.24) is 10.6 Å². The van der Waals surface area contributed by atoms with Gasteiger partial charge in [0.05, 0.1) is 17.8 Å². The van der Waals surface area contributed by atoms with Crippen LogP contribution in [0.1, 0.15) is 36.0 Å². The molecule has 0 radical (unpaired) electrons. The van der Waals surface area contributed by atoms with Crippen LogP contribution in [0.3, 0.4) is 0 Å². The second-order valence-electron chi connectivity index (χ2n) is 7.13. The first-order chi connectivity index (χ1) is 10.8. The Labute approximate surface area is 129 Å². The summed E-state index contributed by atoms with van der Waals surface area (Å²) in [5.74, 6) is 1.44. The van der Waals surface area contributed by atoms with Gasteiger partial charge in [0, 0.05) is 17.5 Å². The van der Waals surface area contributed by atoms with Crippen LogP contribution in [0.2, 0.25) is 0 Å². The van der Waals surface area contributed by atoms with Crippen molar-refractivity contribution in [1.29, 1.82) is 0 Å². The van der Waals surface area contributed by atoms with Crippen molar-refractivity contribution in [3.63, 3.8) is 0 Å². The van der Waals surface area contributed by atoms with Crippen LogP contribution in [-0.4, -0.2) is 24.0 Å². The van der Waals surface area contributed by atoms with Gasteiger partial charge in [-0.05, 0) is 61.8 Å². The molecule has 2 heterocycles. The monoisotopic (exact) mass is 296 g/mol. The van der Waals surface area contributed by atoms with E-state index in [4.69, 9.17) is 4.42 Å². The molecule has 1 saturated heterocycles. The van der Waals surface area contributed by atoms with Gasteiger partial charge in [-0.1, -0.05) is 0 Å². The molecule has 2 aromatic rings. The predicted octanol–water partition coefficient (Wildman–Crippen LogP) is 2.69. The zero-order chi connectivity index (χ0) is 14.7. The van der Waals surface area contributed by atoms with Crippen molar-refractivity contribution in [2.75, 3.05) is 6.54 Å². The summed E-state index contributed by atoms with van der Waals surface area (Å²) >= 11 is 0. The first-order valence-corrected chi connectivity index (χ1v) is 8.29. The Morgan fingerprint density at radius 2 is 2.05 bits per heavy atom. The van der Waals surface area contributed by atoms with E-state index in [9.17, 15) is 4.79 Å². The molecule has 114 valence electrons. The first kappa shape index (κ1) is 12.7. The molecule has 3 aliphatic carbocycles. The average molecular weight is 296 g/mol. The quantitative estimate of drug-likeness (QED) is 0.837. The fourth-order valence-corrected chi connectivity index (χ4v) is 4.83. The lowest BCUT2D eigenvalue weighted by Gasteiger charge is -2.48. The molecule has 1 spiro atoms. The number of hydrogen-bond donors (Lipinski definition) is 2. The standard InChI is InChI=1S/C18H20N2O2/c21-17(13-3-6-15-12(9-13)7-8-22-15)20-16-11-1-4-14(5-2-11)18(16)10-19-18/h3,6-9,11,14,16,19H,1-2,4-5,10H2,(H,20,21)/t11?,14?,16?,18-/m0/s1. The highest BCUT2D eigenvalue weighted by Gasteiger charge is 2.61. The molecule has 1 aliphatic heterocycles. The number of hydrogen-bond acceptors (Lipinski definition) is 3. The Bertz CT molecular complexity index is 738. The third kappa shape index (κ3) is 1.70. The summed E-state index contributed by atoms with van der Waals surface area (Å²) in [6.07, 6.45) is 6.84. The number of fused-ring (bicyclic) bond motifs is 3. The second kappa shape index (κ2) is 4.35. The molecule has 2 bridgehead atoms. The summed E-state index contributed by atoms with van der Waals surface area (Å²) < 4.78 is 5.34. The van der Waals surface area contributed by atoms with Gasteiger partial charge in [-0.2, -0.15) is 0 Å². The molecular weight excluding hydrogens is 276 g/mol. The lowest BCUT2D eigenvalue weighted by Crippen LogP contribution is -2.60. The number of rotatable bonds is 2. The number of carbonyl (C=O) groups excluding carboxylic acids is 1. The number of furan rings is 1. The lowest BCUT2D eigenvalue weighted by molar-refractivity contribution is 0.0634. The predicted molar refractivity (Wildman–Crippen MR) is 83.6 cm³/mol. The van der Waals surface area contributed by atoms with Crippen molar-refractivity contribution in [2.24, 2.45) is 11.8 Å². The van der Waals surface area contributed by atoms with Crippen molar-refractivity contribution in [2.45, 2.75) is 37.3 Å². The van der Waals surface area contributed by atoms with E-state index in [1.54, 1.807) is 6.26 Å². The van der Waals surface area contributed by atoms with Crippen molar-refractivity contribution >= 4 is 16.9 Å². The second-order valence-corrected chi connectivity index (χ2v) is 7.13. The molecule has 2 N–H and O–H groups in total. The number of carbonyl (C=O) groups is 1. The molecule has 2 atom stereocenters. The Morgan fingerprint density at radius 3 is 2.82 bits per heavy atom. The highest BCUT2D eigenvalue weighted by molar-refractivity contribution is 5.98. The van der Waals surface area contributed by atoms with E-state index in [2.05, 4.69) is 10.6 Å². The minimum Gasteiger partial charge on any atom is -0.464 e. The van der Waals surface area contributed by atoms with Gasteiger partial charge in [-0.25, -0.2) is 0 Å². The van der Waals surface area contributed by atoms with Crippen LogP contribution in [0.25, 0.3) is 11.0 Å². The van der Waals surface area contributed by atoms with Crippen LogP contribution >= 0.6 is 0 Å². The van der Waals surface area contributed by atoms with Crippen molar-refractivity contribution < 1.29 is 9.21 Å². The van der Waals surface area contributed by atoms with Crippen LogP contribution in [0.15, 0.2) is 34.9 Å². The highest BCUT2D eigenvalue weighted by atomic mass is 16.3. The molecule has 4 nitrogen and oxygen atoms in total. The van der Waals surface area contributed by atoms with Crippen molar-refractivity contribution in [3.05, 3.63) is 36.1 Å². The molecule has 4 heteroatoms. The molecule has 22 heavy (non-hydrogen) atoms. The summed E-state index contributed by atoms with van der Waals surface area (Å²) in [4.78, 5) is 12.7. The topological polar surface area (TPSA) is 64.2 Å². The van der Waals surface area contributed by atoms with E-state index in [1.165, 1.54) is 25.7 Å². The minimum atomic E-state index is 0.0497. The molecule has 1 aromatic carbocycles. The lowest BCUT2D eigenvalue weighted by atomic mass is 9.61. The molecule has 4 aliphatic rings. The maximum absolute atomic E-state index is 12.7. The highest BCUT2D eigenvalue weighted by Crippen LogP contribution is 2.51. The van der Waals surface area contributed by atoms with Crippen LogP contribution in [0.5, 0.6) is 0 Å². The fraction of sp³-hybridized carbons (Fsp3) is 0.500. The number of amides is 1. The third-order valence-corrected chi connectivity index (χ3v) is 6.11. The Balaban J connectivity index is 1.42. The normalized spacial score (nSPS) is 35.9. The Morgan fingerprint density at radius 1 is 1.23 bits per heavy atom. The van der Waals surface area contributed by atoms with Gasteiger partial charge >= 0.3 is 0 Å². The summed E-state index contributed by atoms with van der Waals surface area (Å²) in [5.41, 5.74) is 1.76. The van der Waals surface area contributed by atoms with Gasteiger partial charge in [0.2, 0.25) is 0 Å². The molecular formula is C18H20N2O2. The van der Waals surface area contributed by atoms with E-state index in [1.807, 2.05) is 24.3 Å². The fourth-order valence-electron chi connectivity index (χ4n) is 4.83. The SMILES string of the molecule is O=C(NC1C2CCC(CC2)[C@@]12CN2)c1ccc2occc2c1. The maximum Gasteiger partial charge on any atom is 0.251 e. The Kier molecular flexibility index (Phi) is 2.51. The van der Waals surface area contributed by atoms with Gasteiger partial charge < -0.3 is 15.1 Å². The largest absolute Gasteiger partial charge is 0.464 e. The van der Waals surface area contributed by atoms with Gasteiger partial charge in [0.15, 0.2) is 0 Å². The molecule has 6 rings (SSSR count). The van der Waals surface area contributed by atoms with E-state index < -0.39 is 0 Å². The van der Waals surface area contributed by atoms with Crippen LogP contribution in [0.4, 0.5) is 0 Å². The number of benzene rings is 1. The van der Waals surface area contributed by atoms with Crippen LogP contribution in [0, 0.1) is 11.8 Å². The van der Waals surface area contributed by atoms with E-state index in [0.717, 1.165) is 29.0 Å². The van der Waals surface area contributed by atoms with E-state index in [-0.39, 0.29) is 11.4 Å². The molecule has 1 unspecified atom stereocenters. The number of nitrogens with one attached hydrogen (secondary N) is 2. The molecule has 3 saturated carbocycles. The molecule has 1 amide bonds. The molecule has 4 fully saturated rings. The zero-order valence-electron chi connectivity index (χ0n) is 12.5. The third-order valence-electron chi connectivity index (χ3n) is 6.11. The summed E-state index contributed by atoms with van der Waals surface area (Å²) in [6, 6.07) is 7.85. The van der Waals surface area contributed by atoms with Gasteiger partial charge in [0.1, 0.15) is 5.58 Å². The minimum absolute atomic E-state index is 0.0497. The first-order valence-electron chi connectivity index (χ1n) is 8.29. The van der Waals surface area contributed by atoms with Crippen LogP contribution in [-0.2, 0) is 0 Å². The Hall–Kier alpha value is -1.81. The molecule has 1 aromatic heterocycles. The summed E-state index contributed by atoms with van der Waals surface area (Å²) in [6.45, 7) is 1.07. The van der Waals surface area contributed by atoms with Crippen LogP contribution < -0.4 is 10.6 Å². The van der Waals surface area contributed by atoms with Gasteiger partial charge in [-0.15, -0.1) is 0 Å². The van der Waals surface area contributed by atoms with E-state index in [0.29, 0.717) is 12.0 Å². The average Bonchev–Trinajstić information content (AvgIpc) is 3.18. The van der Waals surface area contributed by atoms with E-state index >= 15 is 0 Å². The van der Waals surface area contributed by atoms with Gasteiger partial charge in [-0.3, -0.25) is 4.79 Å². The zero-order valence-corrected chi connectivity index (χ0v) is 12.5. The smallest absolute Gasteiger partial charge is 0.251 e.